The maximum atomic E-state index is 2.28. The lowest BCUT2D eigenvalue weighted by atomic mass is 10.5. The summed E-state index contributed by atoms with van der Waals surface area (Å²) in [4.78, 5) is 3.08. The van der Waals surface area contributed by atoms with E-state index in [1.165, 1.54) is 11.3 Å². The van der Waals surface area contributed by atoms with Crippen LogP contribution in [0.15, 0.2) is 6.07 Å². The third kappa shape index (κ3) is 0.416. The van der Waals surface area contributed by atoms with E-state index in [1.54, 1.807) is 10.4 Å². The quantitative estimate of drug-likeness (QED) is 0.486. The smallest absolute Gasteiger partial charge is 0.0128 e. The molecule has 1 heteroatoms. The zero-order valence-corrected chi connectivity index (χ0v) is 5.01. The van der Waals surface area contributed by atoms with Gasteiger partial charge in [0, 0.05) is 16.2 Å². The van der Waals surface area contributed by atoms with Crippen molar-refractivity contribution in [3.63, 3.8) is 0 Å². The lowest BCUT2D eigenvalue weighted by molar-refractivity contribution is 1.54. The van der Waals surface area contributed by atoms with E-state index in [0.29, 0.717) is 0 Å². The fourth-order valence-electron chi connectivity index (χ4n) is 0.831. The summed E-state index contributed by atoms with van der Waals surface area (Å²) in [5.74, 6) is 0. The normalized spacial score (nSPS) is 13.9. The SMILES string of the molecule is Cc1cc2c(s1)C2. The van der Waals surface area contributed by atoms with Gasteiger partial charge in [0.1, 0.15) is 0 Å². The Kier molecular flexibility index (Phi) is 0.482. The number of hydrogen-bond donors (Lipinski definition) is 0. The van der Waals surface area contributed by atoms with E-state index < -0.39 is 0 Å². The zero-order valence-electron chi connectivity index (χ0n) is 4.19. The Labute approximate surface area is 46.8 Å². The molecule has 1 heterocycles. The Balaban J connectivity index is 2.69. The fourth-order valence-corrected chi connectivity index (χ4v) is 1.84. The van der Waals surface area contributed by atoms with Crippen molar-refractivity contribution in [2.75, 3.05) is 0 Å². The molecule has 0 aliphatic heterocycles. The molecule has 0 amide bonds. The highest BCUT2D eigenvalue weighted by Crippen LogP contribution is 2.35. The first kappa shape index (κ1) is 3.67. The lowest BCUT2D eigenvalue weighted by Crippen LogP contribution is -1.53. The van der Waals surface area contributed by atoms with Crippen molar-refractivity contribution < 1.29 is 0 Å². The number of rotatable bonds is 0. The van der Waals surface area contributed by atoms with Crippen LogP contribution in [-0.2, 0) is 6.42 Å². The summed E-state index contributed by atoms with van der Waals surface area (Å²) in [6.45, 7) is 2.16. The molecule has 1 aliphatic rings. The van der Waals surface area contributed by atoms with E-state index in [9.17, 15) is 0 Å². The van der Waals surface area contributed by atoms with Crippen molar-refractivity contribution in [3.8, 4) is 0 Å². The van der Waals surface area contributed by atoms with Gasteiger partial charge in [0.15, 0.2) is 0 Å². The molecule has 0 N–H and O–H groups in total. The standard InChI is InChI=1S/C6H6S/c1-4-2-5-3-6(5)7-4/h2H,3H2,1H3. The minimum Gasteiger partial charge on any atom is -0.145 e. The average Bonchev–Trinajstić information content (AvgIpc) is 2.15. The molecule has 0 saturated heterocycles. The van der Waals surface area contributed by atoms with E-state index >= 15 is 0 Å². The van der Waals surface area contributed by atoms with Crippen molar-refractivity contribution in [3.05, 3.63) is 21.4 Å². The first-order valence-corrected chi connectivity index (χ1v) is 3.26. The summed E-state index contributed by atoms with van der Waals surface area (Å²) >= 11 is 1.94. The van der Waals surface area contributed by atoms with E-state index in [2.05, 4.69) is 13.0 Å². The van der Waals surface area contributed by atoms with Gasteiger partial charge in [-0.3, -0.25) is 0 Å². The summed E-state index contributed by atoms with van der Waals surface area (Å²) < 4.78 is 0. The molecule has 0 nitrogen and oxygen atoms in total. The number of thiophene rings is 1. The first-order chi connectivity index (χ1) is 3.36. The van der Waals surface area contributed by atoms with Gasteiger partial charge in [0.2, 0.25) is 0 Å². The number of hydrogen-bond acceptors (Lipinski definition) is 1. The van der Waals surface area contributed by atoms with Gasteiger partial charge in [-0.25, -0.2) is 0 Å². The molecule has 1 aromatic rings. The van der Waals surface area contributed by atoms with Crippen LogP contribution in [0, 0.1) is 6.92 Å². The molecule has 36 valence electrons. The van der Waals surface area contributed by atoms with E-state index in [1.807, 2.05) is 11.3 Å². The van der Waals surface area contributed by atoms with Gasteiger partial charge in [-0.05, 0) is 18.6 Å². The molecule has 0 saturated carbocycles. The largest absolute Gasteiger partial charge is 0.145 e. The van der Waals surface area contributed by atoms with Gasteiger partial charge >= 0.3 is 0 Å². The van der Waals surface area contributed by atoms with Crippen LogP contribution in [0.3, 0.4) is 0 Å². The molecule has 0 spiro atoms. The molecule has 0 radical (unpaired) electrons. The van der Waals surface area contributed by atoms with Gasteiger partial charge in [-0.15, -0.1) is 11.3 Å². The van der Waals surface area contributed by atoms with Crippen LogP contribution in [0.5, 0.6) is 0 Å². The predicted octanol–water partition coefficient (Wildman–Crippen LogP) is 1.96. The molecule has 7 heavy (non-hydrogen) atoms. The van der Waals surface area contributed by atoms with Crippen LogP contribution in [0.2, 0.25) is 0 Å². The maximum Gasteiger partial charge on any atom is 0.0128 e. The second kappa shape index (κ2) is 0.920. The summed E-state index contributed by atoms with van der Waals surface area (Å²) in [5.41, 5.74) is 1.59. The average molecular weight is 110 g/mol. The van der Waals surface area contributed by atoms with E-state index in [-0.39, 0.29) is 0 Å². The van der Waals surface area contributed by atoms with Gasteiger partial charge in [-0.1, -0.05) is 0 Å². The Morgan fingerprint density at radius 1 is 1.71 bits per heavy atom. The van der Waals surface area contributed by atoms with Gasteiger partial charge in [0.05, 0.1) is 0 Å². The highest BCUT2D eigenvalue weighted by atomic mass is 32.1. The van der Waals surface area contributed by atoms with Crippen LogP contribution < -0.4 is 0 Å². The third-order valence-electron chi connectivity index (χ3n) is 1.25. The second-order valence-electron chi connectivity index (χ2n) is 1.98. The topological polar surface area (TPSA) is 0 Å². The Morgan fingerprint density at radius 3 is 2.86 bits per heavy atom. The fraction of sp³-hybridized carbons (Fsp3) is 0.333. The highest BCUT2D eigenvalue weighted by Gasteiger charge is 2.18. The number of aryl methyl sites for hydroxylation is 1. The van der Waals surface area contributed by atoms with Crippen molar-refractivity contribution >= 4 is 11.3 Å². The molecule has 0 aromatic carbocycles. The lowest BCUT2D eigenvalue weighted by Gasteiger charge is -1.73. The Morgan fingerprint density at radius 2 is 2.57 bits per heavy atom. The van der Waals surface area contributed by atoms with Crippen LogP contribution in [0.25, 0.3) is 0 Å². The molecule has 0 atom stereocenters. The molecule has 0 unspecified atom stereocenters. The van der Waals surface area contributed by atoms with Crippen molar-refractivity contribution in [2.45, 2.75) is 13.3 Å². The molecular formula is C6H6S. The molecule has 0 fully saturated rings. The van der Waals surface area contributed by atoms with Crippen molar-refractivity contribution in [1.29, 1.82) is 0 Å². The predicted molar refractivity (Wildman–Crippen MR) is 31.9 cm³/mol. The molecule has 1 aromatic heterocycles. The van der Waals surface area contributed by atoms with Crippen molar-refractivity contribution in [1.82, 2.24) is 0 Å². The van der Waals surface area contributed by atoms with Crippen LogP contribution in [0.4, 0.5) is 0 Å². The van der Waals surface area contributed by atoms with Gasteiger partial charge in [0.25, 0.3) is 0 Å². The van der Waals surface area contributed by atoms with E-state index in [4.69, 9.17) is 0 Å². The minimum atomic E-state index is 1.29. The van der Waals surface area contributed by atoms with Crippen LogP contribution in [-0.4, -0.2) is 0 Å². The van der Waals surface area contributed by atoms with Gasteiger partial charge < -0.3 is 0 Å². The molecule has 1 aliphatic carbocycles. The third-order valence-corrected chi connectivity index (χ3v) is 2.34. The Hall–Kier alpha value is -0.300. The summed E-state index contributed by atoms with van der Waals surface area (Å²) in [6.07, 6.45) is 1.29. The van der Waals surface area contributed by atoms with Gasteiger partial charge in [-0.2, -0.15) is 0 Å². The molecular weight excluding hydrogens is 104 g/mol. The van der Waals surface area contributed by atoms with E-state index in [0.717, 1.165) is 0 Å². The van der Waals surface area contributed by atoms with Crippen molar-refractivity contribution in [2.24, 2.45) is 0 Å². The van der Waals surface area contributed by atoms with Crippen LogP contribution in [0.1, 0.15) is 15.3 Å². The summed E-state index contributed by atoms with van der Waals surface area (Å²) in [6, 6.07) is 2.28. The summed E-state index contributed by atoms with van der Waals surface area (Å²) in [7, 11) is 0. The molecule has 2 rings (SSSR count). The number of fused-ring (bicyclic) bond motifs is 1. The minimum absolute atomic E-state index is 1.29. The highest BCUT2D eigenvalue weighted by molar-refractivity contribution is 7.12. The zero-order chi connectivity index (χ0) is 4.85. The maximum absolute atomic E-state index is 2.28. The summed E-state index contributed by atoms with van der Waals surface area (Å²) in [5, 5.41) is 0. The monoisotopic (exact) mass is 110 g/mol. The van der Waals surface area contributed by atoms with Crippen LogP contribution >= 0.6 is 11.3 Å². The first-order valence-electron chi connectivity index (χ1n) is 2.44. The second-order valence-corrected chi connectivity index (χ2v) is 3.32. The molecule has 0 bridgehead atoms. The Bertz CT molecular complexity index is 177.